The van der Waals surface area contributed by atoms with Gasteiger partial charge < -0.3 is 5.32 Å². The van der Waals surface area contributed by atoms with Crippen LogP contribution < -0.4 is 5.32 Å². The lowest BCUT2D eigenvalue weighted by atomic mass is 10.1. The first-order valence-electron chi connectivity index (χ1n) is 6.74. The van der Waals surface area contributed by atoms with E-state index in [1.54, 1.807) is 41.8 Å². The van der Waals surface area contributed by atoms with E-state index < -0.39 is 12.1 Å². The minimum Gasteiger partial charge on any atom is -0.318 e. The Labute approximate surface area is 139 Å². The SMILES string of the molecule is O=C(Nc1ccc(-c2cnc3cc(Cl)ccc3n2)cc1)C(F)(F)F. The van der Waals surface area contributed by atoms with E-state index in [2.05, 4.69) is 9.97 Å². The van der Waals surface area contributed by atoms with Gasteiger partial charge in [0.05, 0.1) is 22.9 Å². The minimum atomic E-state index is -4.93. The molecule has 0 radical (unpaired) electrons. The van der Waals surface area contributed by atoms with Gasteiger partial charge in [0.15, 0.2) is 0 Å². The molecule has 3 aromatic rings. The fourth-order valence-corrected chi connectivity index (χ4v) is 2.22. The number of aromatic nitrogens is 2. The van der Waals surface area contributed by atoms with Gasteiger partial charge in [-0.2, -0.15) is 13.2 Å². The molecule has 1 N–H and O–H groups in total. The molecule has 1 aromatic heterocycles. The largest absolute Gasteiger partial charge is 0.471 e. The van der Waals surface area contributed by atoms with Gasteiger partial charge in [0.1, 0.15) is 0 Å². The molecule has 2 aromatic carbocycles. The van der Waals surface area contributed by atoms with Crippen LogP contribution in [0.4, 0.5) is 18.9 Å². The van der Waals surface area contributed by atoms with Crippen molar-refractivity contribution in [3.63, 3.8) is 0 Å². The highest BCUT2D eigenvalue weighted by molar-refractivity contribution is 6.31. The maximum atomic E-state index is 12.2. The molecule has 0 atom stereocenters. The Balaban J connectivity index is 1.85. The number of anilines is 1. The summed E-state index contributed by atoms with van der Waals surface area (Å²) in [6.07, 6.45) is -3.38. The summed E-state index contributed by atoms with van der Waals surface area (Å²) in [5, 5.41) is 2.33. The summed E-state index contributed by atoms with van der Waals surface area (Å²) in [5.41, 5.74) is 2.54. The summed E-state index contributed by atoms with van der Waals surface area (Å²) in [7, 11) is 0. The van der Waals surface area contributed by atoms with Gasteiger partial charge in [-0.3, -0.25) is 9.78 Å². The Morgan fingerprint density at radius 2 is 1.75 bits per heavy atom. The summed E-state index contributed by atoms with van der Waals surface area (Å²) < 4.78 is 36.6. The molecular weight excluding hydrogens is 343 g/mol. The predicted octanol–water partition coefficient (Wildman–Crippen LogP) is 4.45. The lowest BCUT2D eigenvalue weighted by molar-refractivity contribution is -0.167. The van der Waals surface area contributed by atoms with Gasteiger partial charge in [0, 0.05) is 16.3 Å². The molecule has 8 heteroatoms. The van der Waals surface area contributed by atoms with Crippen LogP contribution in [0.1, 0.15) is 0 Å². The number of rotatable bonds is 2. The highest BCUT2D eigenvalue weighted by Crippen LogP contribution is 2.24. The van der Waals surface area contributed by atoms with Crippen molar-refractivity contribution >= 4 is 34.2 Å². The van der Waals surface area contributed by atoms with Gasteiger partial charge in [-0.25, -0.2) is 4.98 Å². The summed E-state index contributed by atoms with van der Waals surface area (Å²) in [4.78, 5) is 19.6. The van der Waals surface area contributed by atoms with Gasteiger partial charge in [0.2, 0.25) is 0 Å². The molecule has 0 unspecified atom stereocenters. The van der Waals surface area contributed by atoms with Crippen molar-refractivity contribution in [2.75, 3.05) is 5.32 Å². The van der Waals surface area contributed by atoms with Gasteiger partial charge in [-0.05, 0) is 30.3 Å². The monoisotopic (exact) mass is 351 g/mol. The van der Waals surface area contributed by atoms with Gasteiger partial charge in [-0.15, -0.1) is 0 Å². The number of hydrogen-bond acceptors (Lipinski definition) is 3. The van der Waals surface area contributed by atoms with Crippen molar-refractivity contribution in [2.24, 2.45) is 0 Å². The Morgan fingerprint density at radius 1 is 1.04 bits per heavy atom. The maximum absolute atomic E-state index is 12.2. The fraction of sp³-hybridized carbons (Fsp3) is 0.0625. The number of benzene rings is 2. The van der Waals surface area contributed by atoms with Crippen molar-refractivity contribution in [1.82, 2.24) is 9.97 Å². The molecule has 1 amide bonds. The van der Waals surface area contributed by atoms with E-state index in [9.17, 15) is 18.0 Å². The van der Waals surface area contributed by atoms with E-state index in [0.717, 1.165) is 0 Å². The number of amides is 1. The van der Waals surface area contributed by atoms with E-state index in [1.165, 1.54) is 12.1 Å². The molecule has 0 saturated heterocycles. The molecule has 0 aliphatic carbocycles. The first-order chi connectivity index (χ1) is 11.3. The zero-order chi connectivity index (χ0) is 17.3. The number of carbonyl (C=O) groups excluding carboxylic acids is 1. The molecule has 0 saturated carbocycles. The van der Waals surface area contributed by atoms with Gasteiger partial charge in [0.25, 0.3) is 0 Å². The highest BCUT2D eigenvalue weighted by Gasteiger charge is 2.38. The first-order valence-corrected chi connectivity index (χ1v) is 7.12. The van der Waals surface area contributed by atoms with E-state index in [1.807, 2.05) is 0 Å². The van der Waals surface area contributed by atoms with E-state index in [0.29, 0.717) is 27.3 Å². The topological polar surface area (TPSA) is 54.9 Å². The van der Waals surface area contributed by atoms with Crippen molar-refractivity contribution in [2.45, 2.75) is 6.18 Å². The third-order valence-electron chi connectivity index (χ3n) is 3.20. The summed E-state index contributed by atoms with van der Waals surface area (Å²) in [5.74, 6) is -2.02. The van der Waals surface area contributed by atoms with Crippen LogP contribution in [0.15, 0.2) is 48.7 Å². The number of alkyl halides is 3. The van der Waals surface area contributed by atoms with Gasteiger partial charge in [-0.1, -0.05) is 23.7 Å². The number of hydrogen-bond donors (Lipinski definition) is 1. The van der Waals surface area contributed by atoms with Crippen LogP contribution in [-0.2, 0) is 4.79 Å². The van der Waals surface area contributed by atoms with Crippen LogP contribution in [0.25, 0.3) is 22.3 Å². The van der Waals surface area contributed by atoms with E-state index >= 15 is 0 Å². The molecular formula is C16H9ClF3N3O. The third kappa shape index (κ3) is 3.46. The first kappa shape index (κ1) is 16.2. The van der Waals surface area contributed by atoms with Crippen molar-refractivity contribution in [3.8, 4) is 11.3 Å². The Hall–Kier alpha value is -2.67. The fourth-order valence-electron chi connectivity index (χ4n) is 2.05. The molecule has 0 aliphatic heterocycles. The van der Waals surface area contributed by atoms with Crippen LogP contribution in [0.5, 0.6) is 0 Å². The molecule has 24 heavy (non-hydrogen) atoms. The Kier molecular flexibility index (Phi) is 4.11. The maximum Gasteiger partial charge on any atom is 0.471 e. The Bertz CT molecular complexity index is 911. The molecule has 122 valence electrons. The molecule has 0 aliphatic rings. The number of fused-ring (bicyclic) bond motifs is 1. The lowest BCUT2D eigenvalue weighted by Crippen LogP contribution is -2.29. The second-order valence-electron chi connectivity index (χ2n) is 4.92. The van der Waals surface area contributed by atoms with E-state index in [4.69, 9.17) is 11.6 Å². The number of halogens is 4. The molecule has 4 nitrogen and oxygen atoms in total. The quantitative estimate of drug-likeness (QED) is 0.742. The van der Waals surface area contributed by atoms with Crippen LogP contribution in [-0.4, -0.2) is 22.1 Å². The predicted molar refractivity (Wildman–Crippen MR) is 84.7 cm³/mol. The van der Waals surface area contributed by atoms with Crippen molar-refractivity contribution < 1.29 is 18.0 Å². The lowest BCUT2D eigenvalue weighted by Gasteiger charge is -2.08. The zero-order valence-corrected chi connectivity index (χ0v) is 12.7. The normalized spacial score (nSPS) is 11.5. The Morgan fingerprint density at radius 3 is 2.42 bits per heavy atom. The second kappa shape index (κ2) is 6.09. The standard InChI is InChI=1S/C16H9ClF3N3O/c17-10-3-6-12-13(7-10)21-8-14(23-12)9-1-4-11(5-2-9)22-15(24)16(18,19)20/h1-8H,(H,22,24). The number of carbonyl (C=O) groups is 1. The molecule has 0 spiro atoms. The van der Waals surface area contributed by atoms with Crippen LogP contribution >= 0.6 is 11.6 Å². The second-order valence-corrected chi connectivity index (χ2v) is 5.35. The summed E-state index contributed by atoms with van der Waals surface area (Å²) in [6.45, 7) is 0. The van der Waals surface area contributed by atoms with Crippen LogP contribution in [0.3, 0.4) is 0 Å². The summed E-state index contributed by atoms with van der Waals surface area (Å²) >= 11 is 5.88. The number of nitrogens with zero attached hydrogens (tertiary/aromatic N) is 2. The van der Waals surface area contributed by atoms with Crippen molar-refractivity contribution in [3.05, 3.63) is 53.7 Å². The van der Waals surface area contributed by atoms with Crippen LogP contribution in [0, 0.1) is 0 Å². The molecule has 3 rings (SSSR count). The number of nitrogens with one attached hydrogen (secondary N) is 1. The smallest absolute Gasteiger partial charge is 0.318 e. The average Bonchev–Trinajstić information content (AvgIpc) is 2.54. The highest BCUT2D eigenvalue weighted by atomic mass is 35.5. The van der Waals surface area contributed by atoms with E-state index in [-0.39, 0.29) is 5.69 Å². The molecule has 0 fully saturated rings. The molecule has 0 bridgehead atoms. The third-order valence-corrected chi connectivity index (χ3v) is 3.44. The van der Waals surface area contributed by atoms with Gasteiger partial charge >= 0.3 is 12.1 Å². The molecule has 1 heterocycles. The zero-order valence-electron chi connectivity index (χ0n) is 11.9. The van der Waals surface area contributed by atoms with Crippen LogP contribution in [0.2, 0.25) is 5.02 Å². The van der Waals surface area contributed by atoms with Crippen molar-refractivity contribution in [1.29, 1.82) is 0 Å². The average molecular weight is 352 g/mol. The minimum absolute atomic E-state index is 0.0432. The summed E-state index contributed by atoms with van der Waals surface area (Å²) in [6, 6.07) is 10.9.